The Morgan fingerprint density at radius 2 is 2.15 bits per heavy atom. The van der Waals surface area contributed by atoms with Crippen molar-refractivity contribution in [2.75, 3.05) is 7.11 Å². The van der Waals surface area contributed by atoms with Gasteiger partial charge >= 0.3 is 11.7 Å². The highest BCUT2D eigenvalue weighted by Gasteiger charge is 2.25. The lowest BCUT2D eigenvalue weighted by Gasteiger charge is -2.09. The van der Waals surface area contributed by atoms with E-state index in [1.165, 1.54) is 25.3 Å². The molecule has 0 aliphatic rings. The molecule has 2 rings (SSSR count). The number of ether oxygens (including phenoxy) is 2. The van der Waals surface area contributed by atoms with Crippen molar-refractivity contribution in [1.29, 1.82) is 0 Å². The van der Waals surface area contributed by atoms with Crippen LogP contribution in [0.3, 0.4) is 0 Å². The van der Waals surface area contributed by atoms with Crippen LogP contribution in [0.2, 0.25) is 0 Å². The zero-order valence-corrected chi connectivity index (χ0v) is 14.1. The summed E-state index contributed by atoms with van der Waals surface area (Å²) in [5.74, 6) is -1.57. The number of H-pyrrole nitrogens is 1. The summed E-state index contributed by atoms with van der Waals surface area (Å²) in [7, 11) is 1.21. The van der Waals surface area contributed by atoms with E-state index >= 15 is 0 Å². The Labute approximate surface area is 147 Å². The van der Waals surface area contributed by atoms with Crippen LogP contribution in [0.4, 0.5) is 5.69 Å². The Bertz CT molecular complexity index is 889. The molecule has 1 aromatic carbocycles. The van der Waals surface area contributed by atoms with Gasteiger partial charge in [0.05, 0.1) is 23.8 Å². The minimum Gasteiger partial charge on any atom is -0.488 e. The van der Waals surface area contributed by atoms with Gasteiger partial charge in [-0.1, -0.05) is 0 Å². The summed E-state index contributed by atoms with van der Waals surface area (Å²) in [5, 5.41) is 21.4. The van der Waals surface area contributed by atoms with Crippen molar-refractivity contribution < 1.29 is 24.0 Å². The zero-order chi connectivity index (χ0) is 19.3. The maximum absolute atomic E-state index is 11.8. The average Bonchev–Trinajstić information content (AvgIpc) is 3.01. The van der Waals surface area contributed by atoms with Crippen LogP contribution in [-0.2, 0) is 4.79 Å². The molecule has 0 bridgehead atoms. The van der Waals surface area contributed by atoms with E-state index in [0.717, 1.165) is 13.1 Å². The van der Waals surface area contributed by atoms with E-state index in [0.29, 0.717) is 5.69 Å². The number of hydrazone groups is 1. The average molecular weight is 361 g/mol. The molecule has 0 saturated carbocycles. The quantitative estimate of drug-likeness (QED) is 0.259. The molecule has 1 amide bonds. The molecule has 136 valence electrons. The molecule has 0 radical (unpaired) electrons. The molecule has 0 atom stereocenters. The van der Waals surface area contributed by atoms with Crippen molar-refractivity contribution >= 4 is 23.8 Å². The second-order valence-electron chi connectivity index (χ2n) is 5.02. The molecule has 11 heteroatoms. The van der Waals surface area contributed by atoms with Gasteiger partial charge in [0.2, 0.25) is 5.75 Å². The van der Waals surface area contributed by atoms with Gasteiger partial charge in [-0.05, 0) is 25.1 Å². The number of benzene rings is 1. The number of esters is 1. The van der Waals surface area contributed by atoms with Gasteiger partial charge in [-0.3, -0.25) is 24.8 Å². The predicted molar refractivity (Wildman–Crippen MR) is 89.3 cm³/mol. The number of nitro benzene ring substituents is 1. The molecule has 0 unspecified atom stereocenters. The molecule has 2 aromatic rings. The number of carbonyl (C=O) groups is 2. The first-order valence-corrected chi connectivity index (χ1v) is 7.22. The number of hydrogen-bond acceptors (Lipinski definition) is 8. The lowest BCUT2D eigenvalue weighted by Crippen LogP contribution is -2.18. The van der Waals surface area contributed by atoms with Gasteiger partial charge < -0.3 is 9.47 Å². The molecule has 26 heavy (non-hydrogen) atoms. The maximum atomic E-state index is 11.8. The normalized spacial score (nSPS) is 10.6. The Balaban J connectivity index is 2.29. The van der Waals surface area contributed by atoms with Gasteiger partial charge in [-0.25, -0.2) is 5.43 Å². The highest BCUT2D eigenvalue weighted by atomic mass is 16.6. The van der Waals surface area contributed by atoms with Gasteiger partial charge in [0, 0.05) is 12.6 Å². The zero-order valence-electron chi connectivity index (χ0n) is 14.1. The molecule has 11 nitrogen and oxygen atoms in total. The van der Waals surface area contributed by atoms with Crippen LogP contribution in [0.15, 0.2) is 23.3 Å². The molecule has 0 aliphatic heterocycles. The van der Waals surface area contributed by atoms with E-state index in [4.69, 9.17) is 9.47 Å². The molecule has 0 saturated heterocycles. The number of methoxy groups -OCH3 is 1. The first-order valence-electron chi connectivity index (χ1n) is 7.22. The number of aryl methyl sites for hydroxylation is 1. The first-order chi connectivity index (χ1) is 12.3. The summed E-state index contributed by atoms with van der Waals surface area (Å²) >= 11 is 0. The van der Waals surface area contributed by atoms with Crippen LogP contribution < -0.4 is 14.9 Å². The fourth-order valence-electron chi connectivity index (χ4n) is 2.04. The summed E-state index contributed by atoms with van der Waals surface area (Å²) in [6.45, 7) is 2.89. The van der Waals surface area contributed by atoms with Crippen molar-refractivity contribution in [2.24, 2.45) is 5.10 Å². The van der Waals surface area contributed by atoms with E-state index < -0.39 is 22.5 Å². The van der Waals surface area contributed by atoms with E-state index in [1.54, 1.807) is 6.92 Å². The summed E-state index contributed by atoms with van der Waals surface area (Å²) in [5.41, 5.74) is 2.61. The monoisotopic (exact) mass is 361 g/mol. The summed E-state index contributed by atoms with van der Waals surface area (Å²) < 4.78 is 9.89. The van der Waals surface area contributed by atoms with Crippen molar-refractivity contribution in [2.45, 2.75) is 13.8 Å². The highest BCUT2D eigenvalue weighted by Crippen LogP contribution is 2.39. The third-order valence-corrected chi connectivity index (χ3v) is 3.08. The van der Waals surface area contributed by atoms with Gasteiger partial charge in [-0.15, -0.1) is 0 Å². The van der Waals surface area contributed by atoms with Crippen LogP contribution in [-0.4, -0.2) is 40.3 Å². The molecular formula is C15H15N5O6. The number of nitro groups is 1. The van der Waals surface area contributed by atoms with E-state index in [-0.39, 0.29) is 22.8 Å². The summed E-state index contributed by atoms with van der Waals surface area (Å²) in [6, 6.07) is 4.16. The Hall–Kier alpha value is -3.76. The second-order valence-corrected chi connectivity index (χ2v) is 5.02. The summed E-state index contributed by atoms with van der Waals surface area (Å²) in [4.78, 5) is 33.6. The van der Waals surface area contributed by atoms with E-state index in [2.05, 4.69) is 20.7 Å². The van der Waals surface area contributed by atoms with Crippen molar-refractivity contribution in [1.82, 2.24) is 15.6 Å². The van der Waals surface area contributed by atoms with Gasteiger partial charge in [0.15, 0.2) is 11.4 Å². The SMILES string of the molecule is COc1c(OC(C)=O)ccc(/C=N\NC(=O)c2cc(C)[nH]n2)c1[N+](=O)[O-]. The van der Waals surface area contributed by atoms with Gasteiger partial charge in [0.25, 0.3) is 5.91 Å². The van der Waals surface area contributed by atoms with Crippen molar-refractivity contribution in [3.63, 3.8) is 0 Å². The molecule has 1 aromatic heterocycles. The minimum absolute atomic E-state index is 0.0428. The molecular weight excluding hydrogens is 346 g/mol. The topological polar surface area (TPSA) is 149 Å². The molecule has 2 N–H and O–H groups in total. The largest absolute Gasteiger partial charge is 0.488 e. The van der Waals surface area contributed by atoms with Crippen LogP contribution in [0.25, 0.3) is 0 Å². The fraction of sp³-hybridized carbons (Fsp3) is 0.200. The predicted octanol–water partition coefficient (Wildman–Crippen LogP) is 1.32. The lowest BCUT2D eigenvalue weighted by atomic mass is 10.1. The second kappa shape index (κ2) is 7.88. The number of carbonyl (C=O) groups excluding carboxylic acids is 2. The van der Waals surface area contributed by atoms with E-state index in [9.17, 15) is 19.7 Å². The Morgan fingerprint density at radius 3 is 2.69 bits per heavy atom. The minimum atomic E-state index is -0.702. The smallest absolute Gasteiger partial charge is 0.323 e. The third-order valence-electron chi connectivity index (χ3n) is 3.08. The number of nitrogens with one attached hydrogen (secondary N) is 2. The molecule has 0 spiro atoms. The molecule has 0 fully saturated rings. The number of rotatable bonds is 6. The van der Waals surface area contributed by atoms with Crippen LogP contribution in [0, 0.1) is 17.0 Å². The lowest BCUT2D eigenvalue weighted by molar-refractivity contribution is -0.385. The van der Waals surface area contributed by atoms with Crippen LogP contribution in [0.1, 0.15) is 28.7 Å². The number of nitrogens with zero attached hydrogens (tertiary/aromatic N) is 3. The van der Waals surface area contributed by atoms with Gasteiger partial charge in [-0.2, -0.15) is 10.2 Å². The summed E-state index contributed by atoms with van der Waals surface area (Å²) in [6.07, 6.45) is 1.08. The fourth-order valence-corrected chi connectivity index (χ4v) is 2.04. The Morgan fingerprint density at radius 1 is 1.42 bits per heavy atom. The molecule has 0 aliphatic carbocycles. The third kappa shape index (κ3) is 4.20. The van der Waals surface area contributed by atoms with Crippen LogP contribution in [0.5, 0.6) is 11.5 Å². The maximum Gasteiger partial charge on any atom is 0.323 e. The number of hydrogen-bond donors (Lipinski definition) is 2. The van der Waals surface area contributed by atoms with E-state index in [1.807, 2.05) is 0 Å². The van der Waals surface area contributed by atoms with Crippen LogP contribution >= 0.6 is 0 Å². The van der Waals surface area contributed by atoms with Crippen molar-refractivity contribution in [3.8, 4) is 11.5 Å². The number of aromatic nitrogens is 2. The highest BCUT2D eigenvalue weighted by molar-refractivity contribution is 5.94. The number of amides is 1. The van der Waals surface area contributed by atoms with Crippen molar-refractivity contribution in [3.05, 3.63) is 45.3 Å². The number of aromatic amines is 1. The molecule has 1 heterocycles. The Kier molecular flexibility index (Phi) is 5.63. The first kappa shape index (κ1) is 18.6. The van der Waals surface area contributed by atoms with Gasteiger partial charge in [0.1, 0.15) is 0 Å². The standard InChI is InChI=1S/C15H15N5O6/c1-8-6-11(18-17-8)15(22)19-16-7-10-4-5-12(26-9(2)21)14(25-3)13(10)20(23)24/h4-7H,1-3H3,(H,17,18)(H,19,22)/b16-7-.